The van der Waals surface area contributed by atoms with Crippen molar-refractivity contribution in [1.82, 2.24) is 9.55 Å². The van der Waals surface area contributed by atoms with Crippen molar-refractivity contribution in [2.45, 2.75) is 13.5 Å². The third kappa shape index (κ3) is 1.82. The second-order valence-electron chi connectivity index (χ2n) is 3.20. The molecule has 15 heavy (non-hydrogen) atoms. The minimum Gasteiger partial charge on any atom is -0.445 e. The van der Waals surface area contributed by atoms with Crippen molar-refractivity contribution in [3.05, 3.63) is 46.3 Å². The molecule has 5 nitrogen and oxygen atoms in total. The third-order valence-electron chi connectivity index (χ3n) is 2.07. The Kier molecular flexibility index (Phi) is 2.39. The van der Waals surface area contributed by atoms with Crippen LogP contribution in [-0.2, 0) is 6.54 Å². The molecule has 5 heteroatoms. The van der Waals surface area contributed by atoms with Gasteiger partial charge < -0.3 is 10.2 Å². The number of hydrogen-bond donors (Lipinski definition) is 1. The maximum atomic E-state index is 11.2. The highest BCUT2D eigenvalue weighted by Gasteiger charge is 2.03. The Morgan fingerprint density at radius 1 is 1.53 bits per heavy atom. The Labute approximate surface area is 86.2 Å². The van der Waals surface area contributed by atoms with Gasteiger partial charge in [-0.3, -0.25) is 9.36 Å². The molecule has 2 heterocycles. The van der Waals surface area contributed by atoms with E-state index in [1.165, 1.54) is 6.33 Å². The molecule has 0 aliphatic rings. The molecule has 0 bridgehead atoms. The van der Waals surface area contributed by atoms with Gasteiger partial charge in [0.2, 0.25) is 5.88 Å². The Balaban J connectivity index is 2.50. The molecule has 2 rings (SSSR count). The van der Waals surface area contributed by atoms with Gasteiger partial charge in [0.25, 0.3) is 5.56 Å². The highest BCUT2D eigenvalue weighted by Crippen LogP contribution is 2.10. The van der Waals surface area contributed by atoms with Gasteiger partial charge in [0.1, 0.15) is 12.1 Å². The van der Waals surface area contributed by atoms with E-state index in [1.807, 2.05) is 19.1 Å². The van der Waals surface area contributed by atoms with E-state index < -0.39 is 0 Å². The zero-order valence-corrected chi connectivity index (χ0v) is 8.30. The second-order valence-corrected chi connectivity index (χ2v) is 3.20. The molecular formula is C10H11N3O2. The summed E-state index contributed by atoms with van der Waals surface area (Å²) in [6.07, 6.45) is 3.05. The first-order valence-electron chi connectivity index (χ1n) is 4.55. The molecule has 0 saturated heterocycles. The first kappa shape index (κ1) is 9.67. The van der Waals surface area contributed by atoms with E-state index in [2.05, 4.69) is 4.98 Å². The quantitative estimate of drug-likeness (QED) is 0.778. The van der Waals surface area contributed by atoms with E-state index in [-0.39, 0.29) is 12.1 Å². The summed E-state index contributed by atoms with van der Waals surface area (Å²) in [5, 5.41) is 0. The van der Waals surface area contributed by atoms with Crippen LogP contribution >= 0.6 is 0 Å². The zero-order chi connectivity index (χ0) is 10.8. The maximum absolute atomic E-state index is 11.2. The van der Waals surface area contributed by atoms with Gasteiger partial charge in [0, 0.05) is 24.4 Å². The Morgan fingerprint density at radius 2 is 2.33 bits per heavy atom. The van der Waals surface area contributed by atoms with Crippen molar-refractivity contribution in [1.29, 1.82) is 0 Å². The number of nitrogens with two attached hydrogens (primary N) is 1. The van der Waals surface area contributed by atoms with Gasteiger partial charge in [-0.2, -0.15) is 4.98 Å². The smallest absolute Gasteiger partial charge is 0.277 e. The summed E-state index contributed by atoms with van der Waals surface area (Å²) < 4.78 is 7.02. The average Bonchev–Trinajstić information content (AvgIpc) is 2.66. The standard InChI is InChI=1S/C10H11N3O2/c1-7-2-3-9(15-7)13-5-8(4-11)10(14)12-6-13/h2-3,5-6H,4,11H2,1H3. The fraction of sp³-hybridized carbons (Fsp3) is 0.200. The molecule has 0 spiro atoms. The first-order valence-corrected chi connectivity index (χ1v) is 4.55. The van der Waals surface area contributed by atoms with Crippen LogP contribution in [0.1, 0.15) is 11.3 Å². The third-order valence-corrected chi connectivity index (χ3v) is 2.07. The topological polar surface area (TPSA) is 74.0 Å². The molecule has 2 aromatic rings. The van der Waals surface area contributed by atoms with Crippen LogP contribution in [0.15, 0.2) is 33.9 Å². The maximum Gasteiger partial charge on any atom is 0.277 e. The lowest BCUT2D eigenvalue weighted by Crippen LogP contribution is -2.18. The number of aryl methyl sites for hydroxylation is 1. The van der Waals surface area contributed by atoms with E-state index in [1.54, 1.807) is 10.8 Å². The van der Waals surface area contributed by atoms with E-state index in [0.29, 0.717) is 11.4 Å². The first-order chi connectivity index (χ1) is 7.20. The van der Waals surface area contributed by atoms with E-state index in [4.69, 9.17) is 10.2 Å². The van der Waals surface area contributed by atoms with Crippen molar-refractivity contribution in [2.24, 2.45) is 5.73 Å². The van der Waals surface area contributed by atoms with Gasteiger partial charge in [-0.05, 0) is 13.0 Å². The molecule has 78 valence electrons. The lowest BCUT2D eigenvalue weighted by atomic mass is 10.3. The van der Waals surface area contributed by atoms with Crippen molar-refractivity contribution in [2.75, 3.05) is 0 Å². The number of nitrogens with zero attached hydrogens (tertiary/aromatic N) is 2. The van der Waals surface area contributed by atoms with Gasteiger partial charge in [0.15, 0.2) is 0 Å². The molecule has 0 aliphatic heterocycles. The van der Waals surface area contributed by atoms with Crippen LogP contribution in [-0.4, -0.2) is 9.55 Å². The SMILES string of the molecule is Cc1ccc(-n2cnc(=O)c(CN)c2)o1. The van der Waals surface area contributed by atoms with Gasteiger partial charge >= 0.3 is 0 Å². The summed E-state index contributed by atoms with van der Waals surface area (Å²) in [6, 6.07) is 3.65. The van der Waals surface area contributed by atoms with Gasteiger partial charge in [-0.25, -0.2) is 0 Å². The van der Waals surface area contributed by atoms with Gasteiger partial charge in [-0.15, -0.1) is 0 Å². The molecule has 2 N–H and O–H groups in total. The fourth-order valence-electron chi connectivity index (χ4n) is 1.27. The van der Waals surface area contributed by atoms with Crippen LogP contribution in [0, 0.1) is 6.92 Å². The number of rotatable bonds is 2. The molecule has 0 fully saturated rings. The molecule has 0 amide bonds. The van der Waals surface area contributed by atoms with Gasteiger partial charge in [0.05, 0.1) is 0 Å². The predicted molar refractivity (Wildman–Crippen MR) is 54.7 cm³/mol. The average molecular weight is 205 g/mol. The molecule has 0 atom stereocenters. The van der Waals surface area contributed by atoms with Crippen molar-refractivity contribution in [3.8, 4) is 5.88 Å². The van der Waals surface area contributed by atoms with Crippen molar-refractivity contribution < 1.29 is 4.42 Å². The minimum atomic E-state index is -0.294. The summed E-state index contributed by atoms with van der Waals surface area (Å²) in [4.78, 5) is 14.9. The largest absolute Gasteiger partial charge is 0.445 e. The number of aromatic nitrogens is 2. The fourth-order valence-corrected chi connectivity index (χ4v) is 1.27. The Hall–Kier alpha value is -1.88. The van der Waals surface area contributed by atoms with Crippen LogP contribution in [0.25, 0.3) is 5.88 Å². The van der Waals surface area contributed by atoms with Crippen LogP contribution < -0.4 is 11.3 Å². The molecule has 0 radical (unpaired) electrons. The molecule has 2 aromatic heterocycles. The molecule has 0 aliphatic carbocycles. The Bertz CT molecular complexity index is 527. The minimum absolute atomic E-state index is 0.173. The van der Waals surface area contributed by atoms with Crippen LogP contribution in [0.4, 0.5) is 0 Å². The number of furan rings is 1. The predicted octanol–water partition coefficient (Wildman–Crippen LogP) is 0.593. The van der Waals surface area contributed by atoms with Gasteiger partial charge in [-0.1, -0.05) is 0 Å². The van der Waals surface area contributed by atoms with E-state index in [0.717, 1.165) is 5.76 Å². The normalized spacial score (nSPS) is 10.5. The van der Waals surface area contributed by atoms with Crippen LogP contribution in [0.3, 0.4) is 0 Å². The second kappa shape index (κ2) is 3.70. The van der Waals surface area contributed by atoms with Crippen molar-refractivity contribution in [3.63, 3.8) is 0 Å². The summed E-state index contributed by atoms with van der Waals surface area (Å²) in [7, 11) is 0. The highest BCUT2D eigenvalue weighted by molar-refractivity contribution is 5.22. The highest BCUT2D eigenvalue weighted by atomic mass is 16.4. The summed E-state index contributed by atoms with van der Waals surface area (Å²) in [5.74, 6) is 1.42. The zero-order valence-electron chi connectivity index (χ0n) is 8.30. The molecule has 0 saturated carbocycles. The van der Waals surface area contributed by atoms with E-state index >= 15 is 0 Å². The summed E-state index contributed by atoms with van der Waals surface area (Å²) in [6.45, 7) is 2.02. The number of hydrogen-bond acceptors (Lipinski definition) is 4. The summed E-state index contributed by atoms with van der Waals surface area (Å²) >= 11 is 0. The van der Waals surface area contributed by atoms with Crippen LogP contribution in [0.5, 0.6) is 0 Å². The molecular weight excluding hydrogens is 194 g/mol. The van der Waals surface area contributed by atoms with Crippen LogP contribution in [0.2, 0.25) is 0 Å². The van der Waals surface area contributed by atoms with E-state index in [9.17, 15) is 4.79 Å². The molecule has 0 aromatic carbocycles. The lowest BCUT2D eigenvalue weighted by molar-refractivity contribution is 0.507. The monoisotopic (exact) mass is 205 g/mol. The summed E-state index contributed by atoms with van der Waals surface area (Å²) in [5.41, 5.74) is 5.59. The molecule has 0 unspecified atom stereocenters. The lowest BCUT2D eigenvalue weighted by Gasteiger charge is -2.02. The van der Waals surface area contributed by atoms with Crippen molar-refractivity contribution >= 4 is 0 Å². The Morgan fingerprint density at radius 3 is 2.93 bits per heavy atom.